The Morgan fingerprint density at radius 3 is 2.57 bits per heavy atom. The minimum atomic E-state index is -4.88. The summed E-state index contributed by atoms with van der Waals surface area (Å²) in [6.07, 6.45) is 4.19. The number of nitrogen functional groups attached to an aromatic ring is 1. The number of ether oxygens (including phenoxy) is 1. The van der Waals surface area contributed by atoms with Crippen molar-refractivity contribution in [2.75, 3.05) is 5.73 Å². The van der Waals surface area contributed by atoms with E-state index in [2.05, 4.69) is 14.7 Å². The summed E-state index contributed by atoms with van der Waals surface area (Å²) in [6.45, 7) is 0.327. The maximum Gasteiger partial charge on any atom is 0.573 e. The molecule has 0 unspecified atom stereocenters. The van der Waals surface area contributed by atoms with Crippen LogP contribution in [0, 0.1) is 5.41 Å². The molecule has 0 radical (unpaired) electrons. The highest BCUT2D eigenvalue weighted by molar-refractivity contribution is 5.63. The van der Waals surface area contributed by atoms with Crippen molar-refractivity contribution in [2.24, 2.45) is 5.41 Å². The Morgan fingerprint density at radius 1 is 1.20 bits per heavy atom. The van der Waals surface area contributed by atoms with Gasteiger partial charge >= 0.3 is 6.36 Å². The van der Waals surface area contributed by atoms with E-state index in [4.69, 9.17) is 5.73 Å². The molecule has 3 aliphatic rings. The highest BCUT2D eigenvalue weighted by atomic mass is 19.4. The fourth-order valence-corrected chi connectivity index (χ4v) is 4.80. The van der Waals surface area contributed by atoms with Gasteiger partial charge in [0.05, 0.1) is 5.69 Å². The molecule has 6 nitrogen and oxygen atoms in total. The number of aliphatic hydroxyl groups excluding tert-OH is 1. The molecule has 2 aromatic heterocycles. The van der Waals surface area contributed by atoms with Gasteiger partial charge in [-0.25, -0.2) is 14.4 Å². The Morgan fingerprint density at radius 2 is 1.93 bits per heavy atom. The number of anilines is 1. The van der Waals surface area contributed by atoms with Crippen molar-refractivity contribution in [3.63, 3.8) is 0 Å². The van der Waals surface area contributed by atoms with Crippen molar-refractivity contribution in [1.29, 1.82) is 0 Å². The largest absolute Gasteiger partial charge is 0.573 e. The number of aromatic nitrogens is 3. The van der Waals surface area contributed by atoms with E-state index in [-0.39, 0.29) is 17.8 Å². The van der Waals surface area contributed by atoms with Gasteiger partial charge in [0, 0.05) is 24.5 Å². The van der Waals surface area contributed by atoms with Gasteiger partial charge in [-0.15, -0.1) is 13.2 Å². The predicted molar refractivity (Wildman–Crippen MR) is 101 cm³/mol. The number of hydrogen-bond acceptors (Lipinski definition) is 5. The van der Waals surface area contributed by atoms with Crippen molar-refractivity contribution in [1.82, 2.24) is 14.5 Å². The molecule has 2 bridgehead atoms. The fourth-order valence-electron chi connectivity index (χ4n) is 4.80. The zero-order chi connectivity index (χ0) is 21.6. The standard InChI is InChI=1S/C20H24F4N4O2/c21-19-10-18(11-19,12-19)4-2-1-3-5-28-8-14(27-16(28)9-29)13-6-15(17(25)26-7-13)30-20(22,23)24/h6-8,29H,1-5,9-12H2,(H2,25,26). The smallest absolute Gasteiger partial charge is 0.402 e. The number of unbranched alkanes of at least 4 members (excludes halogenated alkanes) is 2. The van der Waals surface area contributed by atoms with Crippen LogP contribution in [-0.4, -0.2) is 31.7 Å². The average molecular weight is 428 g/mol. The first-order valence-corrected chi connectivity index (χ1v) is 9.98. The highest BCUT2D eigenvalue weighted by Gasteiger charge is 2.68. The van der Waals surface area contributed by atoms with Gasteiger partial charge in [-0.2, -0.15) is 0 Å². The lowest BCUT2D eigenvalue weighted by molar-refractivity contribution is -0.274. The molecule has 2 heterocycles. The Bertz CT molecular complexity index is 908. The van der Waals surface area contributed by atoms with Gasteiger partial charge in [-0.05, 0) is 43.6 Å². The first-order chi connectivity index (χ1) is 14.1. The molecule has 2 aromatic rings. The molecule has 164 valence electrons. The van der Waals surface area contributed by atoms with Crippen LogP contribution < -0.4 is 10.5 Å². The quantitative estimate of drug-likeness (QED) is 0.458. The Hall–Kier alpha value is -2.36. The Kier molecular flexibility index (Phi) is 5.16. The van der Waals surface area contributed by atoms with Crippen LogP contribution in [0.2, 0.25) is 0 Å². The van der Waals surface area contributed by atoms with Crippen molar-refractivity contribution in [3.8, 4) is 17.0 Å². The molecule has 3 aliphatic carbocycles. The van der Waals surface area contributed by atoms with Crippen LogP contribution in [0.15, 0.2) is 18.5 Å². The van der Waals surface area contributed by atoms with Crippen LogP contribution in [-0.2, 0) is 13.2 Å². The highest BCUT2D eigenvalue weighted by Crippen LogP contribution is 2.71. The Balaban J connectivity index is 1.35. The molecule has 10 heteroatoms. The van der Waals surface area contributed by atoms with Gasteiger partial charge in [0.15, 0.2) is 11.6 Å². The minimum absolute atomic E-state index is 0.255. The summed E-state index contributed by atoms with van der Waals surface area (Å²) in [5, 5.41) is 9.58. The van der Waals surface area contributed by atoms with E-state index in [0.717, 1.165) is 51.0 Å². The van der Waals surface area contributed by atoms with Crippen LogP contribution in [0.4, 0.5) is 23.4 Å². The molecule has 3 saturated carbocycles. The topological polar surface area (TPSA) is 86.2 Å². The number of nitrogens with two attached hydrogens (primary N) is 1. The molecule has 3 fully saturated rings. The van der Waals surface area contributed by atoms with Crippen molar-refractivity contribution >= 4 is 5.82 Å². The fraction of sp³-hybridized carbons (Fsp3) is 0.600. The maximum absolute atomic E-state index is 13.6. The summed E-state index contributed by atoms with van der Waals surface area (Å²) < 4.78 is 56.8. The number of aryl methyl sites for hydroxylation is 1. The van der Waals surface area contributed by atoms with Gasteiger partial charge in [-0.3, -0.25) is 0 Å². The number of pyridine rings is 1. The number of imidazole rings is 1. The number of hydrogen-bond donors (Lipinski definition) is 2. The maximum atomic E-state index is 13.6. The van der Waals surface area contributed by atoms with Crippen LogP contribution >= 0.6 is 0 Å². The number of halogens is 4. The summed E-state index contributed by atoms with van der Waals surface area (Å²) in [5.74, 6) is -0.553. The second kappa shape index (κ2) is 7.40. The summed E-state index contributed by atoms with van der Waals surface area (Å²) in [4.78, 5) is 8.04. The molecule has 0 amide bonds. The summed E-state index contributed by atoms with van der Waals surface area (Å²) in [5.41, 5.74) is 5.54. The zero-order valence-corrected chi connectivity index (χ0v) is 16.4. The summed E-state index contributed by atoms with van der Waals surface area (Å²) in [6, 6.07) is 1.13. The molecule has 30 heavy (non-hydrogen) atoms. The van der Waals surface area contributed by atoms with Gasteiger partial charge in [0.1, 0.15) is 18.1 Å². The molecular weight excluding hydrogens is 404 g/mol. The molecule has 0 spiro atoms. The summed E-state index contributed by atoms with van der Waals surface area (Å²) in [7, 11) is 0. The second-order valence-corrected chi connectivity index (χ2v) is 8.54. The van der Waals surface area contributed by atoms with Crippen LogP contribution in [0.5, 0.6) is 5.75 Å². The third-order valence-corrected chi connectivity index (χ3v) is 6.09. The predicted octanol–water partition coefficient (Wildman–Crippen LogP) is 4.37. The van der Waals surface area contributed by atoms with E-state index in [1.54, 1.807) is 10.8 Å². The number of aliphatic hydroxyl groups is 1. The van der Waals surface area contributed by atoms with Gasteiger partial charge in [0.25, 0.3) is 0 Å². The minimum Gasteiger partial charge on any atom is -0.402 e. The SMILES string of the molecule is Nc1ncc(-c2cn(CCCCCC34CC(F)(C3)C4)c(CO)n2)cc1OC(F)(F)F. The Labute approximate surface area is 171 Å². The van der Waals surface area contributed by atoms with Crippen molar-refractivity contribution in [2.45, 2.75) is 70.1 Å². The van der Waals surface area contributed by atoms with Gasteiger partial charge in [-0.1, -0.05) is 12.8 Å². The number of nitrogens with zero attached hydrogens (tertiary/aromatic N) is 3. The normalized spacial score (nSPS) is 25.0. The lowest BCUT2D eigenvalue weighted by Crippen LogP contribution is -2.64. The van der Waals surface area contributed by atoms with E-state index < -0.39 is 17.8 Å². The molecule has 0 saturated heterocycles. The van der Waals surface area contributed by atoms with Crippen molar-refractivity contribution < 1.29 is 27.4 Å². The molecular formula is C20H24F4N4O2. The lowest BCUT2D eigenvalue weighted by atomic mass is 9.41. The second-order valence-electron chi connectivity index (χ2n) is 8.54. The lowest BCUT2D eigenvalue weighted by Gasteiger charge is -2.66. The number of alkyl halides is 4. The van der Waals surface area contributed by atoms with E-state index in [0.29, 0.717) is 23.6 Å². The first-order valence-electron chi connectivity index (χ1n) is 9.98. The first kappa shape index (κ1) is 20.9. The monoisotopic (exact) mass is 428 g/mol. The molecule has 0 atom stereocenters. The van der Waals surface area contributed by atoms with Crippen LogP contribution in [0.25, 0.3) is 11.3 Å². The summed E-state index contributed by atoms with van der Waals surface area (Å²) >= 11 is 0. The molecule has 5 rings (SSSR count). The molecule has 0 aliphatic heterocycles. The number of rotatable bonds is 9. The van der Waals surface area contributed by atoms with E-state index >= 15 is 0 Å². The molecule has 3 N–H and O–H groups in total. The van der Waals surface area contributed by atoms with E-state index in [1.807, 2.05) is 0 Å². The van der Waals surface area contributed by atoms with Crippen LogP contribution in [0.3, 0.4) is 0 Å². The third-order valence-electron chi connectivity index (χ3n) is 6.09. The van der Waals surface area contributed by atoms with Gasteiger partial charge in [0.2, 0.25) is 0 Å². The van der Waals surface area contributed by atoms with Gasteiger partial charge < -0.3 is 20.1 Å². The third kappa shape index (κ3) is 4.23. The van der Waals surface area contributed by atoms with E-state index in [9.17, 15) is 22.7 Å². The molecule has 0 aromatic carbocycles. The average Bonchev–Trinajstić information content (AvgIpc) is 3.02. The zero-order valence-electron chi connectivity index (χ0n) is 16.4. The van der Waals surface area contributed by atoms with Crippen LogP contribution in [0.1, 0.15) is 50.8 Å². The van der Waals surface area contributed by atoms with E-state index in [1.165, 1.54) is 6.20 Å². The van der Waals surface area contributed by atoms with Crippen molar-refractivity contribution in [3.05, 3.63) is 24.3 Å².